The first-order valence-corrected chi connectivity index (χ1v) is 5.95. The Bertz CT molecular complexity index is 458. The summed E-state index contributed by atoms with van der Waals surface area (Å²) >= 11 is 4.63. The number of benzene rings is 1. The number of thiocarbonyl (C=S) groups is 1. The number of halogens is 2. The Kier molecular flexibility index (Phi) is 6.07. The average molecular weight is 290 g/mol. The molecule has 1 atom stereocenters. The molecule has 0 saturated heterocycles. The number of anilines is 1. The molecule has 1 rings (SSSR count). The molecular formula is C12H16F2N2O2S. The minimum Gasteiger partial charge on any atom is -0.389 e. The fourth-order valence-electron chi connectivity index (χ4n) is 1.50. The molecular weight excluding hydrogens is 274 g/mol. The fraction of sp³-hybridized carbons (Fsp3) is 0.417. The van der Waals surface area contributed by atoms with Gasteiger partial charge in [-0.15, -0.1) is 0 Å². The number of hydrogen-bond donors (Lipinski definition) is 2. The number of hydrogen-bond acceptors (Lipinski definition) is 4. The lowest BCUT2D eigenvalue weighted by atomic mass is 10.1. The smallest absolute Gasteiger partial charge is 0.182 e. The van der Waals surface area contributed by atoms with E-state index in [1.807, 2.05) is 0 Å². The van der Waals surface area contributed by atoms with Crippen LogP contribution in [0.4, 0.5) is 14.5 Å². The van der Waals surface area contributed by atoms with Crippen molar-refractivity contribution in [2.45, 2.75) is 6.10 Å². The van der Waals surface area contributed by atoms with Crippen molar-refractivity contribution in [3.8, 4) is 0 Å². The summed E-state index contributed by atoms with van der Waals surface area (Å²) in [6.07, 6.45) is -0.261. The summed E-state index contributed by atoms with van der Waals surface area (Å²) in [6.45, 7) is 0.631. The summed E-state index contributed by atoms with van der Waals surface area (Å²) in [5.41, 5.74) is 5.20. The fourth-order valence-corrected chi connectivity index (χ4v) is 1.65. The van der Waals surface area contributed by atoms with Gasteiger partial charge in [-0.25, -0.2) is 8.78 Å². The third kappa shape index (κ3) is 4.09. The molecule has 0 aliphatic rings. The van der Waals surface area contributed by atoms with Gasteiger partial charge in [0.25, 0.3) is 0 Å². The Morgan fingerprint density at radius 1 is 1.37 bits per heavy atom. The second-order valence-electron chi connectivity index (χ2n) is 3.85. The molecule has 7 heteroatoms. The van der Waals surface area contributed by atoms with Crippen LogP contribution in [0, 0.1) is 11.6 Å². The highest BCUT2D eigenvalue weighted by atomic mass is 32.1. The number of nitrogens with one attached hydrogen (secondary N) is 1. The number of methoxy groups -OCH3 is 2. The van der Waals surface area contributed by atoms with Crippen LogP contribution in [-0.4, -0.2) is 38.5 Å². The topological polar surface area (TPSA) is 56.5 Å². The summed E-state index contributed by atoms with van der Waals surface area (Å²) in [7, 11) is 3.04. The SMILES string of the molecule is COCC(CNc1ccc(C(N)=S)c(F)c1F)OC. The van der Waals surface area contributed by atoms with Crippen LogP contribution in [0.5, 0.6) is 0 Å². The molecule has 0 saturated carbocycles. The lowest BCUT2D eigenvalue weighted by molar-refractivity contribution is 0.0365. The highest BCUT2D eigenvalue weighted by molar-refractivity contribution is 7.80. The molecule has 19 heavy (non-hydrogen) atoms. The number of rotatable bonds is 7. The molecule has 1 aromatic carbocycles. The highest BCUT2D eigenvalue weighted by Crippen LogP contribution is 2.20. The first kappa shape index (κ1) is 15.7. The van der Waals surface area contributed by atoms with Crippen LogP contribution in [-0.2, 0) is 9.47 Å². The van der Waals surface area contributed by atoms with E-state index in [-0.39, 0.29) is 28.9 Å². The molecule has 0 bridgehead atoms. The van der Waals surface area contributed by atoms with Crippen molar-refractivity contribution in [1.82, 2.24) is 0 Å². The van der Waals surface area contributed by atoms with Crippen LogP contribution in [0.3, 0.4) is 0 Å². The van der Waals surface area contributed by atoms with Crippen LogP contribution in [0.25, 0.3) is 0 Å². The third-order valence-electron chi connectivity index (χ3n) is 2.55. The van der Waals surface area contributed by atoms with Gasteiger partial charge in [-0.2, -0.15) is 0 Å². The second kappa shape index (κ2) is 7.32. The van der Waals surface area contributed by atoms with Crippen LogP contribution in [0.15, 0.2) is 12.1 Å². The zero-order valence-corrected chi connectivity index (χ0v) is 11.5. The first-order chi connectivity index (χ1) is 9.01. The molecule has 0 aliphatic carbocycles. The largest absolute Gasteiger partial charge is 0.389 e. The van der Waals surface area contributed by atoms with Gasteiger partial charge in [0.1, 0.15) is 4.99 Å². The molecule has 3 N–H and O–H groups in total. The van der Waals surface area contributed by atoms with Gasteiger partial charge in [0.2, 0.25) is 0 Å². The monoisotopic (exact) mass is 290 g/mol. The van der Waals surface area contributed by atoms with Gasteiger partial charge in [-0.3, -0.25) is 0 Å². The Morgan fingerprint density at radius 2 is 2.05 bits per heavy atom. The molecule has 0 amide bonds. The minimum absolute atomic E-state index is 0.0238. The normalized spacial score (nSPS) is 12.2. The van der Waals surface area contributed by atoms with E-state index >= 15 is 0 Å². The van der Waals surface area contributed by atoms with Gasteiger partial charge in [0.15, 0.2) is 11.6 Å². The lowest BCUT2D eigenvalue weighted by Gasteiger charge is -2.16. The van der Waals surface area contributed by atoms with E-state index in [0.29, 0.717) is 6.61 Å². The highest BCUT2D eigenvalue weighted by Gasteiger charge is 2.16. The molecule has 0 fully saturated rings. The summed E-state index contributed by atoms with van der Waals surface area (Å²) in [6, 6.07) is 2.72. The van der Waals surface area contributed by atoms with Crippen LogP contribution >= 0.6 is 12.2 Å². The van der Waals surface area contributed by atoms with Gasteiger partial charge in [-0.1, -0.05) is 12.2 Å². The molecule has 0 aromatic heterocycles. The maximum absolute atomic E-state index is 13.7. The van der Waals surface area contributed by atoms with Crippen molar-refractivity contribution in [3.63, 3.8) is 0 Å². The molecule has 0 heterocycles. The Morgan fingerprint density at radius 3 is 2.58 bits per heavy atom. The summed E-state index contributed by atoms with van der Waals surface area (Å²) in [4.78, 5) is -0.183. The zero-order valence-electron chi connectivity index (χ0n) is 10.7. The van der Waals surface area contributed by atoms with Gasteiger partial charge in [-0.05, 0) is 12.1 Å². The average Bonchev–Trinajstić information content (AvgIpc) is 2.38. The van der Waals surface area contributed by atoms with Gasteiger partial charge < -0.3 is 20.5 Å². The molecule has 1 unspecified atom stereocenters. The maximum Gasteiger partial charge on any atom is 0.182 e. The van der Waals surface area contributed by atoms with E-state index in [1.165, 1.54) is 26.4 Å². The van der Waals surface area contributed by atoms with Crippen molar-refractivity contribution in [2.24, 2.45) is 5.73 Å². The summed E-state index contributed by atoms with van der Waals surface area (Å²) < 4.78 is 37.4. The predicted molar refractivity (Wildman–Crippen MR) is 73.4 cm³/mol. The molecule has 0 radical (unpaired) electrons. The second-order valence-corrected chi connectivity index (χ2v) is 4.29. The van der Waals surface area contributed by atoms with Gasteiger partial charge >= 0.3 is 0 Å². The molecule has 106 valence electrons. The van der Waals surface area contributed by atoms with E-state index in [1.54, 1.807) is 0 Å². The number of ether oxygens (including phenoxy) is 2. The number of nitrogens with two attached hydrogens (primary N) is 1. The van der Waals surface area contributed by atoms with Crippen molar-refractivity contribution in [3.05, 3.63) is 29.3 Å². The first-order valence-electron chi connectivity index (χ1n) is 5.54. The summed E-state index contributed by atoms with van der Waals surface area (Å²) in [5.74, 6) is -2.07. The third-order valence-corrected chi connectivity index (χ3v) is 2.77. The van der Waals surface area contributed by atoms with E-state index in [4.69, 9.17) is 15.2 Å². The maximum atomic E-state index is 13.7. The Hall–Kier alpha value is -1.31. The predicted octanol–water partition coefficient (Wildman–Crippen LogP) is 1.67. The van der Waals surface area contributed by atoms with Crippen LogP contribution < -0.4 is 11.1 Å². The quantitative estimate of drug-likeness (QED) is 0.748. The minimum atomic E-state index is -1.06. The van der Waals surface area contributed by atoms with Crippen molar-refractivity contribution in [1.29, 1.82) is 0 Å². The van der Waals surface area contributed by atoms with Crippen molar-refractivity contribution < 1.29 is 18.3 Å². The van der Waals surface area contributed by atoms with Gasteiger partial charge in [0.05, 0.1) is 18.4 Å². The summed E-state index contributed by atoms with van der Waals surface area (Å²) in [5, 5.41) is 2.75. The van der Waals surface area contributed by atoms with E-state index in [0.717, 1.165) is 0 Å². The molecule has 1 aromatic rings. The van der Waals surface area contributed by atoms with Crippen LogP contribution in [0.2, 0.25) is 0 Å². The van der Waals surface area contributed by atoms with Gasteiger partial charge in [0, 0.05) is 26.3 Å². The standard InChI is InChI=1S/C12H16F2N2O2S/c1-17-6-7(18-2)5-16-9-4-3-8(12(15)19)10(13)11(9)14/h3-4,7,16H,5-6H2,1-2H3,(H2,15,19). The Balaban J connectivity index is 2.80. The van der Waals surface area contributed by atoms with E-state index in [2.05, 4.69) is 17.5 Å². The van der Waals surface area contributed by atoms with E-state index in [9.17, 15) is 8.78 Å². The van der Waals surface area contributed by atoms with Crippen molar-refractivity contribution >= 4 is 22.9 Å². The molecule has 0 aliphatic heterocycles. The van der Waals surface area contributed by atoms with E-state index < -0.39 is 11.6 Å². The van der Waals surface area contributed by atoms with Crippen LogP contribution in [0.1, 0.15) is 5.56 Å². The van der Waals surface area contributed by atoms with Crippen molar-refractivity contribution in [2.75, 3.05) is 32.7 Å². The Labute approximate surface area is 115 Å². The molecule has 4 nitrogen and oxygen atoms in total. The molecule has 0 spiro atoms. The lowest BCUT2D eigenvalue weighted by Crippen LogP contribution is -2.27. The zero-order chi connectivity index (χ0) is 14.4.